The number of benzene rings is 1. The van der Waals surface area contributed by atoms with Crippen LogP contribution in [0.15, 0.2) is 59.0 Å². The van der Waals surface area contributed by atoms with Gasteiger partial charge in [-0.2, -0.15) is 0 Å². The highest BCUT2D eigenvalue weighted by Gasteiger charge is 2.05. The molecule has 0 atom stereocenters. The summed E-state index contributed by atoms with van der Waals surface area (Å²) in [6.45, 7) is 0. The summed E-state index contributed by atoms with van der Waals surface area (Å²) in [7, 11) is 0. The number of para-hydroxylation sites is 1. The van der Waals surface area contributed by atoms with Gasteiger partial charge in [0.1, 0.15) is 5.03 Å². The number of rotatable bonds is 2. The molecule has 2 aromatic heterocycles. The molecule has 1 aromatic carbocycles. The number of nitrogens with two attached hydrogens (primary N) is 1. The van der Waals surface area contributed by atoms with Crippen molar-refractivity contribution in [3.8, 4) is 0 Å². The number of aromatic nitrogens is 3. The lowest BCUT2D eigenvalue weighted by Gasteiger charge is -2.03. The normalized spacial score (nSPS) is 10.7. The average molecular weight is 254 g/mol. The van der Waals surface area contributed by atoms with E-state index in [0.717, 1.165) is 15.9 Å². The van der Waals surface area contributed by atoms with E-state index in [1.807, 2.05) is 36.5 Å². The van der Waals surface area contributed by atoms with Crippen molar-refractivity contribution in [2.24, 2.45) is 0 Å². The number of pyridine rings is 1. The molecule has 88 valence electrons. The van der Waals surface area contributed by atoms with Crippen molar-refractivity contribution in [3.63, 3.8) is 0 Å². The zero-order valence-electron chi connectivity index (χ0n) is 9.45. The first-order valence-corrected chi connectivity index (χ1v) is 6.25. The first-order valence-electron chi connectivity index (χ1n) is 5.43. The maximum absolute atomic E-state index is 5.84. The van der Waals surface area contributed by atoms with Gasteiger partial charge in [-0.25, -0.2) is 15.0 Å². The van der Waals surface area contributed by atoms with Crippen LogP contribution in [-0.2, 0) is 0 Å². The molecule has 2 N–H and O–H groups in total. The van der Waals surface area contributed by atoms with Crippen molar-refractivity contribution in [2.45, 2.75) is 10.2 Å². The van der Waals surface area contributed by atoms with Crippen LogP contribution in [0.4, 0.5) is 5.69 Å². The van der Waals surface area contributed by atoms with Crippen LogP contribution in [0.5, 0.6) is 0 Å². The molecule has 2 heterocycles. The predicted molar refractivity (Wildman–Crippen MR) is 72.3 cm³/mol. The largest absolute Gasteiger partial charge is 0.397 e. The molecule has 0 fully saturated rings. The second kappa shape index (κ2) is 4.62. The average Bonchev–Trinajstić information content (AvgIpc) is 2.41. The van der Waals surface area contributed by atoms with E-state index in [4.69, 9.17) is 5.73 Å². The van der Waals surface area contributed by atoms with Crippen molar-refractivity contribution in [1.82, 2.24) is 15.0 Å². The van der Waals surface area contributed by atoms with E-state index in [0.29, 0.717) is 10.8 Å². The number of fused-ring (bicyclic) bond motifs is 1. The Morgan fingerprint density at radius 3 is 2.78 bits per heavy atom. The fourth-order valence-electron chi connectivity index (χ4n) is 1.58. The highest BCUT2D eigenvalue weighted by atomic mass is 32.2. The van der Waals surface area contributed by atoms with E-state index >= 15 is 0 Å². The third-order valence-corrected chi connectivity index (χ3v) is 3.37. The Bertz CT molecular complexity index is 699. The fraction of sp³-hybridized carbons (Fsp3) is 0. The molecule has 4 nitrogen and oxygen atoms in total. The van der Waals surface area contributed by atoms with Crippen molar-refractivity contribution in [1.29, 1.82) is 0 Å². The van der Waals surface area contributed by atoms with Crippen LogP contribution < -0.4 is 5.73 Å². The molecule has 18 heavy (non-hydrogen) atoms. The van der Waals surface area contributed by atoms with E-state index in [2.05, 4.69) is 15.0 Å². The molecule has 0 radical (unpaired) electrons. The Hall–Kier alpha value is -2.14. The van der Waals surface area contributed by atoms with E-state index < -0.39 is 0 Å². The van der Waals surface area contributed by atoms with Crippen molar-refractivity contribution < 1.29 is 0 Å². The summed E-state index contributed by atoms with van der Waals surface area (Å²) in [5.74, 6) is 0. The summed E-state index contributed by atoms with van der Waals surface area (Å²) in [5.41, 5.74) is 7.40. The Morgan fingerprint density at radius 1 is 1.00 bits per heavy atom. The Balaban J connectivity index is 1.98. The number of nitrogens with zero attached hydrogens (tertiary/aromatic N) is 3. The van der Waals surface area contributed by atoms with Crippen LogP contribution in [0, 0.1) is 0 Å². The van der Waals surface area contributed by atoms with Gasteiger partial charge in [-0.15, -0.1) is 0 Å². The quantitative estimate of drug-likeness (QED) is 0.712. The lowest BCUT2D eigenvalue weighted by Crippen LogP contribution is -1.93. The Kier molecular flexibility index (Phi) is 2.82. The molecule has 0 saturated carbocycles. The molecule has 0 saturated heterocycles. The molecule has 0 unspecified atom stereocenters. The van der Waals surface area contributed by atoms with Crippen LogP contribution in [0.2, 0.25) is 0 Å². The smallest absolute Gasteiger partial charge is 0.194 e. The van der Waals surface area contributed by atoms with Gasteiger partial charge in [-0.3, -0.25) is 0 Å². The zero-order chi connectivity index (χ0) is 12.4. The Labute approximate surface area is 108 Å². The van der Waals surface area contributed by atoms with Crippen LogP contribution >= 0.6 is 11.8 Å². The molecular weight excluding hydrogens is 244 g/mol. The number of hydrogen-bond acceptors (Lipinski definition) is 5. The maximum atomic E-state index is 5.84. The van der Waals surface area contributed by atoms with E-state index in [1.54, 1.807) is 12.3 Å². The molecule has 3 aromatic rings. The van der Waals surface area contributed by atoms with Crippen LogP contribution in [0.1, 0.15) is 0 Å². The fourth-order valence-corrected chi connectivity index (χ4v) is 2.30. The zero-order valence-corrected chi connectivity index (χ0v) is 10.3. The van der Waals surface area contributed by atoms with Crippen LogP contribution in [0.3, 0.4) is 0 Å². The third-order valence-electron chi connectivity index (χ3n) is 2.46. The van der Waals surface area contributed by atoms with Crippen molar-refractivity contribution >= 4 is 28.4 Å². The number of anilines is 1. The molecule has 0 aliphatic rings. The topological polar surface area (TPSA) is 64.7 Å². The van der Waals surface area contributed by atoms with Crippen molar-refractivity contribution in [2.75, 3.05) is 5.73 Å². The standard InChI is InChI=1S/C13H10N4S/c14-10-5-3-7-15-12(10)18-13-16-8-9-4-1-2-6-11(9)17-13/h1-8H,14H2. The van der Waals surface area contributed by atoms with E-state index in [-0.39, 0.29) is 0 Å². The van der Waals surface area contributed by atoms with Crippen LogP contribution in [0.25, 0.3) is 10.9 Å². The summed E-state index contributed by atoms with van der Waals surface area (Å²) in [4.78, 5) is 13.0. The predicted octanol–water partition coefficient (Wildman–Crippen LogP) is 2.76. The first kappa shape index (κ1) is 11.0. The van der Waals surface area contributed by atoms with Gasteiger partial charge in [-0.05, 0) is 30.0 Å². The lowest BCUT2D eigenvalue weighted by atomic mass is 10.2. The summed E-state index contributed by atoms with van der Waals surface area (Å²) in [6, 6.07) is 11.5. The van der Waals surface area contributed by atoms with E-state index in [1.165, 1.54) is 11.8 Å². The third kappa shape index (κ3) is 2.12. The number of hydrogen-bond donors (Lipinski definition) is 1. The molecule has 0 aliphatic heterocycles. The van der Waals surface area contributed by atoms with Crippen molar-refractivity contribution in [3.05, 3.63) is 48.8 Å². The summed E-state index contributed by atoms with van der Waals surface area (Å²) in [5, 5.41) is 2.41. The summed E-state index contributed by atoms with van der Waals surface area (Å²) >= 11 is 1.37. The highest BCUT2D eigenvalue weighted by molar-refractivity contribution is 7.99. The van der Waals surface area contributed by atoms with E-state index in [9.17, 15) is 0 Å². The second-order valence-electron chi connectivity index (χ2n) is 3.71. The van der Waals surface area contributed by atoms with Gasteiger partial charge in [0.2, 0.25) is 0 Å². The molecule has 0 amide bonds. The first-order chi connectivity index (χ1) is 8.83. The molecular formula is C13H10N4S. The SMILES string of the molecule is Nc1cccnc1Sc1ncc2ccccc2n1. The van der Waals surface area contributed by atoms with Gasteiger partial charge in [0.15, 0.2) is 5.16 Å². The van der Waals surface area contributed by atoms with Gasteiger partial charge in [-0.1, -0.05) is 18.2 Å². The Morgan fingerprint density at radius 2 is 1.89 bits per heavy atom. The molecule has 0 aliphatic carbocycles. The molecule has 0 spiro atoms. The maximum Gasteiger partial charge on any atom is 0.194 e. The summed E-state index contributed by atoms with van der Waals surface area (Å²) in [6.07, 6.45) is 3.52. The van der Waals surface area contributed by atoms with Gasteiger partial charge >= 0.3 is 0 Å². The minimum absolute atomic E-state index is 0.638. The van der Waals surface area contributed by atoms with Gasteiger partial charge in [0, 0.05) is 17.8 Å². The minimum atomic E-state index is 0.638. The molecule has 0 bridgehead atoms. The van der Waals surface area contributed by atoms with Crippen LogP contribution in [-0.4, -0.2) is 15.0 Å². The summed E-state index contributed by atoms with van der Waals surface area (Å²) < 4.78 is 0. The molecule has 3 rings (SSSR count). The number of nitrogen functional groups attached to an aromatic ring is 1. The van der Waals surface area contributed by atoms with Gasteiger partial charge in [0.25, 0.3) is 0 Å². The lowest BCUT2D eigenvalue weighted by molar-refractivity contribution is 0.995. The highest BCUT2D eigenvalue weighted by Crippen LogP contribution is 2.27. The van der Waals surface area contributed by atoms with Gasteiger partial charge < -0.3 is 5.73 Å². The molecule has 5 heteroatoms. The minimum Gasteiger partial charge on any atom is -0.397 e. The van der Waals surface area contributed by atoms with Gasteiger partial charge in [0.05, 0.1) is 11.2 Å². The second-order valence-corrected chi connectivity index (χ2v) is 4.67. The monoisotopic (exact) mass is 254 g/mol.